The number of carbonyl (C=O) groups excluding carboxylic acids is 1. The molecule has 0 radical (unpaired) electrons. The van der Waals surface area contributed by atoms with Gasteiger partial charge in [-0.15, -0.1) is 0 Å². The molecule has 0 aliphatic carbocycles. The van der Waals surface area contributed by atoms with Crippen molar-refractivity contribution in [1.82, 2.24) is 9.97 Å². The van der Waals surface area contributed by atoms with Gasteiger partial charge in [0.15, 0.2) is 5.58 Å². The third-order valence-electron chi connectivity index (χ3n) is 2.63. The largest absolute Gasteiger partial charge is 0.417 e. The van der Waals surface area contributed by atoms with E-state index in [1.165, 1.54) is 6.20 Å². The lowest BCUT2D eigenvalue weighted by molar-refractivity contribution is 0.102. The number of benzene rings is 1. The molecule has 0 saturated heterocycles. The molecule has 0 saturated carbocycles. The van der Waals surface area contributed by atoms with Crippen molar-refractivity contribution in [2.45, 2.75) is 0 Å². The van der Waals surface area contributed by atoms with Gasteiger partial charge in [-0.1, -0.05) is 6.07 Å². The molecule has 2 N–H and O–H groups in total. The van der Waals surface area contributed by atoms with Crippen LogP contribution in [0.2, 0.25) is 0 Å². The highest BCUT2D eigenvalue weighted by Gasteiger charge is 2.10. The van der Waals surface area contributed by atoms with Crippen LogP contribution in [0.4, 0.5) is 5.69 Å². The highest BCUT2D eigenvalue weighted by atomic mass is 16.4. The molecule has 2 aromatic heterocycles. The molecule has 0 atom stereocenters. The van der Waals surface area contributed by atoms with Crippen molar-refractivity contribution in [3.05, 3.63) is 58.8 Å². The van der Waals surface area contributed by atoms with E-state index in [4.69, 9.17) is 4.42 Å². The Morgan fingerprint density at radius 2 is 2.16 bits per heavy atom. The maximum atomic E-state index is 12.0. The van der Waals surface area contributed by atoms with Gasteiger partial charge >= 0.3 is 5.76 Å². The lowest BCUT2D eigenvalue weighted by atomic mass is 10.2. The van der Waals surface area contributed by atoms with Crippen molar-refractivity contribution in [2.24, 2.45) is 0 Å². The SMILES string of the molecule is O=C(Nc1cccc2oc(=O)[nH]c12)c1cccnc1. The molecule has 3 aromatic rings. The molecule has 0 bridgehead atoms. The number of hydrogen-bond donors (Lipinski definition) is 2. The Hall–Kier alpha value is -2.89. The summed E-state index contributed by atoms with van der Waals surface area (Å²) >= 11 is 0. The number of aromatic nitrogens is 2. The van der Waals surface area contributed by atoms with Gasteiger partial charge in [0.2, 0.25) is 0 Å². The van der Waals surface area contributed by atoms with E-state index in [0.717, 1.165) is 0 Å². The third-order valence-corrected chi connectivity index (χ3v) is 2.63. The molecule has 0 unspecified atom stereocenters. The summed E-state index contributed by atoms with van der Waals surface area (Å²) in [5, 5.41) is 2.71. The van der Waals surface area contributed by atoms with Crippen LogP contribution in [-0.2, 0) is 0 Å². The number of nitrogens with one attached hydrogen (secondary N) is 2. The van der Waals surface area contributed by atoms with Gasteiger partial charge in [-0.25, -0.2) is 4.79 Å². The molecule has 1 amide bonds. The lowest BCUT2D eigenvalue weighted by Crippen LogP contribution is -2.12. The molecule has 19 heavy (non-hydrogen) atoms. The van der Waals surface area contributed by atoms with Crippen molar-refractivity contribution in [3.8, 4) is 0 Å². The summed E-state index contributed by atoms with van der Waals surface area (Å²) in [7, 11) is 0. The van der Waals surface area contributed by atoms with Crippen molar-refractivity contribution < 1.29 is 9.21 Å². The fourth-order valence-corrected chi connectivity index (χ4v) is 1.77. The number of amides is 1. The molecule has 0 spiro atoms. The smallest absolute Gasteiger partial charge is 0.408 e. The van der Waals surface area contributed by atoms with E-state index >= 15 is 0 Å². The number of fused-ring (bicyclic) bond motifs is 1. The van der Waals surface area contributed by atoms with Crippen LogP contribution < -0.4 is 11.1 Å². The number of para-hydroxylation sites is 1. The minimum absolute atomic E-state index is 0.303. The fraction of sp³-hybridized carbons (Fsp3) is 0. The first-order chi connectivity index (χ1) is 9.24. The number of anilines is 1. The standard InChI is InChI=1S/C13H9N3O3/c17-12(8-3-2-6-14-7-8)15-9-4-1-5-10-11(9)16-13(18)19-10/h1-7H,(H,15,17)(H,16,18). The Labute approximate surface area is 107 Å². The van der Waals surface area contributed by atoms with E-state index in [9.17, 15) is 9.59 Å². The highest BCUT2D eigenvalue weighted by Crippen LogP contribution is 2.20. The number of nitrogens with zero attached hydrogens (tertiary/aromatic N) is 1. The zero-order chi connectivity index (χ0) is 13.2. The van der Waals surface area contributed by atoms with Crippen molar-refractivity contribution >= 4 is 22.7 Å². The molecule has 0 aliphatic rings. The van der Waals surface area contributed by atoms with Gasteiger partial charge < -0.3 is 9.73 Å². The van der Waals surface area contributed by atoms with E-state index in [0.29, 0.717) is 22.4 Å². The number of rotatable bonds is 2. The van der Waals surface area contributed by atoms with Crippen LogP contribution >= 0.6 is 0 Å². The van der Waals surface area contributed by atoms with Gasteiger partial charge in [0.05, 0.1) is 11.3 Å². The Balaban J connectivity index is 1.98. The topological polar surface area (TPSA) is 88.0 Å². The number of pyridine rings is 1. The van der Waals surface area contributed by atoms with Crippen LogP contribution in [0.3, 0.4) is 0 Å². The van der Waals surface area contributed by atoms with Crippen LogP contribution in [0.5, 0.6) is 0 Å². The van der Waals surface area contributed by atoms with Crippen molar-refractivity contribution in [1.29, 1.82) is 0 Å². The second-order valence-electron chi connectivity index (χ2n) is 3.89. The number of aromatic amines is 1. The van der Waals surface area contributed by atoms with E-state index in [1.807, 2.05) is 0 Å². The molecule has 6 nitrogen and oxygen atoms in total. The minimum Gasteiger partial charge on any atom is -0.408 e. The molecule has 1 aromatic carbocycles. The van der Waals surface area contributed by atoms with Crippen molar-refractivity contribution in [2.75, 3.05) is 5.32 Å². The van der Waals surface area contributed by atoms with E-state index < -0.39 is 5.76 Å². The molecular weight excluding hydrogens is 246 g/mol. The second kappa shape index (κ2) is 4.41. The molecule has 94 valence electrons. The first-order valence-electron chi connectivity index (χ1n) is 5.57. The molecule has 0 aliphatic heterocycles. The van der Waals surface area contributed by atoms with Crippen LogP contribution in [-0.4, -0.2) is 15.9 Å². The summed E-state index contributed by atoms with van der Waals surface area (Å²) in [5.41, 5.74) is 1.78. The Morgan fingerprint density at radius 3 is 2.95 bits per heavy atom. The minimum atomic E-state index is -0.557. The average molecular weight is 255 g/mol. The van der Waals surface area contributed by atoms with Gasteiger partial charge in [-0.05, 0) is 24.3 Å². The third kappa shape index (κ3) is 2.11. The number of hydrogen-bond acceptors (Lipinski definition) is 4. The maximum Gasteiger partial charge on any atom is 0.417 e. The van der Waals surface area contributed by atoms with Gasteiger partial charge in [0, 0.05) is 12.4 Å². The molecule has 3 rings (SSSR count). The van der Waals surface area contributed by atoms with E-state index in [-0.39, 0.29) is 5.91 Å². The Bertz CT molecular complexity index is 790. The van der Waals surface area contributed by atoms with Crippen LogP contribution in [0, 0.1) is 0 Å². The fourth-order valence-electron chi connectivity index (χ4n) is 1.77. The average Bonchev–Trinajstić information content (AvgIpc) is 2.81. The summed E-state index contributed by atoms with van der Waals surface area (Å²) < 4.78 is 4.92. The van der Waals surface area contributed by atoms with Gasteiger partial charge in [-0.2, -0.15) is 0 Å². The predicted octanol–water partition coefficient (Wildman–Crippen LogP) is 1.77. The molecule has 2 heterocycles. The zero-order valence-corrected chi connectivity index (χ0v) is 9.71. The van der Waals surface area contributed by atoms with E-state index in [1.54, 1.807) is 36.5 Å². The summed E-state index contributed by atoms with van der Waals surface area (Å²) in [4.78, 5) is 29.6. The highest BCUT2D eigenvalue weighted by molar-refractivity contribution is 6.07. The maximum absolute atomic E-state index is 12.0. The first kappa shape index (κ1) is 11.2. The quantitative estimate of drug-likeness (QED) is 0.730. The van der Waals surface area contributed by atoms with Crippen LogP contribution in [0.25, 0.3) is 11.1 Å². The Kier molecular flexibility index (Phi) is 2.60. The number of H-pyrrole nitrogens is 1. The normalized spacial score (nSPS) is 10.5. The second-order valence-corrected chi connectivity index (χ2v) is 3.89. The summed E-state index contributed by atoms with van der Waals surface area (Å²) in [6.45, 7) is 0. The molecule has 6 heteroatoms. The molecule has 0 fully saturated rings. The summed E-state index contributed by atoms with van der Waals surface area (Å²) in [6, 6.07) is 8.35. The molecular formula is C13H9N3O3. The van der Waals surface area contributed by atoms with Crippen LogP contribution in [0.1, 0.15) is 10.4 Å². The number of oxazole rings is 1. The zero-order valence-electron chi connectivity index (χ0n) is 9.71. The summed E-state index contributed by atoms with van der Waals surface area (Å²) in [5.74, 6) is -0.860. The summed E-state index contributed by atoms with van der Waals surface area (Å²) in [6.07, 6.45) is 3.05. The monoisotopic (exact) mass is 255 g/mol. The van der Waals surface area contributed by atoms with Gasteiger partial charge in [0.25, 0.3) is 5.91 Å². The number of carbonyl (C=O) groups is 1. The van der Waals surface area contributed by atoms with Gasteiger partial charge in [-0.3, -0.25) is 14.8 Å². The van der Waals surface area contributed by atoms with E-state index in [2.05, 4.69) is 15.3 Å². The predicted molar refractivity (Wildman–Crippen MR) is 69.0 cm³/mol. The van der Waals surface area contributed by atoms with Gasteiger partial charge in [0.1, 0.15) is 5.52 Å². The first-order valence-corrected chi connectivity index (χ1v) is 5.57. The lowest BCUT2D eigenvalue weighted by Gasteiger charge is -2.05. The van der Waals surface area contributed by atoms with Crippen molar-refractivity contribution in [3.63, 3.8) is 0 Å². The van der Waals surface area contributed by atoms with Crippen LogP contribution in [0.15, 0.2) is 51.9 Å². The Morgan fingerprint density at radius 1 is 1.26 bits per heavy atom.